The number of hydrogen-bond donors (Lipinski definition) is 0. The molecular formula is C21H24O3. The zero-order valence-electron chi connectivity index (χ0n) is 14.4. The van der Waals surface area contributed by atoms with Crippen molar-refractivity contribution in [1.29, 1.82) is 0 Å². The molecular weight excluding hydrogens is 300 g/mol. The topological polar surface area (TPSA) is 43.4 Å². The summed E-state index contributed by atoms with van der Waals surface area (Å²) in [5, 5.41) is 0. The van der Waals surface area contributed by atoms with E-state index in [0.29, 0.717) is 16.9 Å². The second-order valence-electron chi connectivity index (χ2n) is 5.95. The van der Waals surface area contributed by atoms with E-state index in [1.54, 1.807) is 24.3 Å². The molecule has 0 aliphatic carbocycles. The lowest BCUT2D eigenvalue weighted by molar-refractivity contribution is -0.131. The molecule has 126 valence electrons. The van der Waals surface area contributed by atoms with Crippen molar-refractivity contribution in [3.63, 3.8) is 0 Å². The van der Waals surface area contributed by atoms with E-state index in [2.05, 4.69) is 6.92 Å². The molecule has 0 radical (unpaired) electrons. The lowest BCUT2D eigenvalue weighted by atomic mass is 10.00. The van der Waals surface area contributed by atoms with Crippen molar-refractivity contribution in [2.45, 2.75) is 46.0 Å². The highest BCUT2D eigenvalue weighted by atomic mass is 16.5. The van der Waals surface area contributed by atoms with Crippen molar-refractivity contribution < 1.29 is 14.3 Å². The molecule has 0 saturated carbocycles. The van der Waals surface area contributed by atoms with Crippen LogP contribution in [0.4, 0.5) is 0 Å². The first-order valence-corrected chi connectivity index (χ1v) is 8.52. The van der Waals surface area contributed by atoms with Crippen LogP contribution in [0.1, 0.15) is 61.0 Å². The summed E-state index contributed by atoms with van der Waals surface area (Å²) in [5.41, 5.74) is 2.53. The van der Waals surface area contributed by atoms with E-state index in [9.17, 15) is 9.59 Å². The van der Waals surface area contributed by atoms with Crippen LogP contribution in [0.3, 0.4) is 0 Å². The van der Waals surface area contributed by atoms with Gasteiger partial charge in [-0.2, -0.15) is 0 Å². The summed E-state index contributed by atoms with van der Waals surface area (Å²) in [7, 11) is 0. The van der Waals surface area contributed by atoms with Gasteiger partial charge in [-0.1, -0.05) is 50.5 Å². The Hall–Kier alpha value is -2.42. The lowest BCUT2D eigenvalue weighted by Crippen LogP contribution is -2.03. The zero-order chi connectivity index (χ0) is 17.4. The molecule has 0 aromatic heterocycles. The van der Waals surface area contributed by atoms with E-state index in [-0.39, 0.29) is 11.8 Å². The number of carbonyl (C=O) groups excluding carboxylic acids is 2. The molecule has 3 nitrogen and oxygen atoms in total. The third-order valence-corrected chi connectivity index (χ3v) is 3.91. The fourth-order valence-electron chi connectivity index (χ4n) is 2.59. The van der Waals surface area contributed by atoms with Crippen molar-refractivity contribution in [1.82, 2.24) is 0 Å². The Bertz CT molecular complexity index is 669. The SMILES string of the molecule is CCCCCCc1ccc(C(=O)c2ccc(OC(C)=O)cc2)cc1. The molecule has 0 fully saturated rings. The van der Waals surface area contributed by atoms with Crippen LogP contribution in [-0.4, -0.2) is 11.8 Å². The monoisotopic (exact) mass is 324 g/mol. The third kappa shape index (κ3) is 5.34. The first-order chi connectivity index (χ1) is 11.6. The van der Waals surface area contributed by atoms with Crippen LogP contribution in [0.15, 0.2) is 48.5 Å². The Labute approximate surface area is 143 Å². The van der Waals surface area contributed by atoms with Crippen LogP contribution in [0, 0.1) is 0 Å². The highest BCUT2D eigenvalue weighted by Gasteiger charge is 2.09. The van der Waals surface area contributed by atoms with Crippen LogP contribution < -0.4 is 4.74 Å². The fourth-order valence-corrected chi connectivity index (χ4v) is 2.59. The zero-order valence-corrected chi connectivity index (χ0v) is 14.4. The number of esters is 1. The largest absolute Gasteiger partial charge is 0.427 e. The maximum absolute atomic E-state index is 12.5. The van der Waals surface area contributed by atoms with Gasteiger partial charge in [0.2, 0.25) is 0 Å². The predicted octanol–water partition coefficient (Wildman–Crippen LogP) is 4.97. The molecule has 0 atom stereocenters. The average molecular weight is 324 g/mol. The molecule has 2 aromatic rings. The van der Waals surface area contributed by atoms with Gasteiger partial charge in [0, 0.05) is 18.1 Å². The number of ketones is 1. The smallest absolute Gasteiger partial charge is 0.308 e. The van der Waals surface area contributed by atoms with Crippen LogP contribution in [-0.2, 0) is 11.2 Å². The maximum Gasteiger partial charge on any atom is 0.308 e. The van der Waals surface area contributed by atoms with Gasteiger partial charge >= 0.3 is 5.97 Å². The highest BCUT2D eigenvalue weighted by Crippen LogP contribution is 2.17. The Morgan fingerprint density at radius 2 is 1.42 bits per heavy atom. The van der Waals surface area contributed by atoms with Gasteiger partial charge in [0.1, 0.15) is 5.75 Å². The Balaban J connectivity index is 1.97. The molecule has 0 bridgehead atoms. The summed E-state index contributed by atoms with van der Waals surface area (Å²) in [4.78, 5) is 23.4. The molecule has 2 aromatic carbocycles. The summed E-state index contributed by atoms with van der Waals surface area (Å²) in [6, 6.07) is 14.5. The standard InChI is InChI=1S/C21H24O3/c1-3-4-5-6-7-17-8-10-18(11-9-17)21(23)19-12-14-20(15-13-19)24-16(2)22/h8-15H,3-7H2,1-2H3. The van der Waals surface area contributed by atoms with Gasteiger partial charge < -0.3 is 4.74 Å². The number of ether oxygens (including phenoxy) is 1. The average Bonchev–Trinajstić information content (AvgIpc) is 2.59. The van der Waals surface area contributed by atoms with Crippen molar-refractivity contribution in [3.05, 3.63) is 65.2 Å². The molecule has 0 aliphatic rings. The first kappa shape index (κ1) is 17.9. The van der Waals surface area contributed by atoms with Gasteiger partial charge in [0.15, 0.2) is 5.78 Å². The number of aryl methyl sites for hydroxylation is 1. The van der Waals surface area contributed by atoms with Crippen molar-refractivity contribution in [2.24, 2.45) is 0 Å². The Morgan fingerprint density at radius 3 is 1.96 bits per heavy atom. The normalized spacial score (nSPS) is 10.4. The predicted molar refractivity (Wildman–Crippen MR) is 95.5 cm³/mol. The van der Waals surface area contributed by atoms with Crippen LogP contribution in [0.2, 0.25) is 0 Å². The van der Waals surface area contributed by atoms with Crippen molar-refractivity contribution in [3.8, 4) is 5.75 Å². The van der Waals surface area contributed by atoms with E-state index in [1.165, 1.54) is 38.2 Å². The molecule has 0 amide bonds. The minimum Gasteiger partial charge on any atom is -0.427 e. The van der Waals surface area contributed by atoms with E-state index in [0.717, 1.165) is 6.42 Å². The third-order valence-electron chi connectivity index (χ3n) is 3.91. The fraction of sp³-hybridized carbons (Fsp3) is 0.333. The van der Waals surface area contributed by atoms with E-state index < -0.39 is 0 Å². The molecule has 0 unspecified atom stereocenters. The summed E-state index contributed by atoms with van der Waals surface area (Å²) in [6.07, 6.45) is 6.03. The lowest BCUT2D eigenvalue weighted by Gasteiger charge is -2.05. The summed E-state index contributed by atoms with van der Waals surface area (Å²) in [6.45, 7) is 3.56. The maximum atomic E-state index is 12.5. The number of unbranched alkanes of at least 4 members (excludes halogenated alkanes) is 3. The van der Waals surface area contributed by atoms with Gasteiger partial charge in [-0.05, 0) is 42.7 Å². The minimum absolute atomic E-state index is 0.0260. The van der Waals surface area contributed by atoms with Gasteiger partial charge in [-0.25, -0.2) is 0 Å². The second-order valence-corrected chi connectivity index (χ2v) is 5.95. The second kappa shape index (κ2) is 9.02. The van der Waals surface area contributed by atoms with E-state index in [4.69, 9.17) is 4.74 Å². The quantitative estimate of drug-likeness (QED) is 0.298. The number of carbonyl (C=O) groups is 2. The Morgan fingerprint density at radius 1 is 0.833 bits per heavy atom. The summed E-state index contributed by atoms with van der Waals surface area (Å²) < 4.78 is 4.97. The first-order valence-electron chi connectivity index (χ1n) is 8.52. The molecule has 2 rings (SSSR count). The molecule has 0 N–H and O–H groups in total. The summed E-state index contributed by atoms with van der Waals surface area (Å²) in [5.74, 6) is 0.0481. The van der Waals surface area contributed by atoms with Gasteiger partial charge in [0.25, 0.3) is 0 Å². The van der Waals surface area contributed by atoms with E-state index in [1.807, 2.05) is 24.3 Å². The van der Waals surface area contributed by atoms with Crippen LogP contribution >= 0.6 is 0 Å². The Kier molecular flexibility index (Phi) is 6.74. The molecule has 0 spiro atoms. The molecule has 0 heterocycles. The van der Waals surface area contributed by atoms with Gasteiger partial charge in [0.05, 0.1) is 0 Å². The molecule has 0 aliphatic heterocycles. The number of rotatable bonds is 8. The van der Waals surface area contributed by atoms with Crippen molar-refractivity contribution >= 4 is 11.8 Å². The van der Waals surface area contributed by atoms with Crippen LogP contribution in [0.5, 0.6) is 5.75 Å². The van der Waals surface area contributed by atoms with Crippen LogP contribution in [0.25, 0.3) is 0 Å². The van der Waals surface area contributed by atoms with Crippen molar-refractivity contribution in [2.75, 3.05) is 0 Å². The highest BCUT2D eigenvalue weighted by molar-refractivity contribution is 6.09. The number of benzene rings is 2. The molecule has 0 saturated heterocycles. The van der Waals surface area contributed by atoms with E-state index >= 15 is 0 Å². The summed E-state index contributed by atoms with van der Waals surface area (Å²) >= 11 is 0. The number of hydrogen-bond acceptors (Lipinski definition) is 3. The molecule has 24 heavy (non-hydrogen) atoms. The molecule has 3 heteroatoms. The minimum atomic E-state index is -0.372. The van der Waals surface area contributed by atoms with Gasteiger partial charge in [-0.15, -0.1) is 0 Å². The van der Waals surface area contributed by atoms with Gasteiger partial charge in [-0.3, -0.25) is 9.59 Å².